The maximum atomic E-state index is 12.7. The van der Waals surface area contributed by atoms with Crippen molar-refractivity contribution >= 4 is 10.0 Å². The van der Waals surface area contributed by atoms with Crippen molar-refractivity contribution in [1.82, 2.24) is 14.1 Å². The van der Waals surface area contributed by atoms with Crippen molar-refractivity contribution in [2.24, 2.45) is 5.92 Å². The fourth-order valence-electron chi connectivity index (χ4n) is 4.87. The maximum absolute atomic E-state index is 12.7. The first-order valence-electron chi connectivity index (χ1n) is 11.9. The number of piperazine rings is 1. The van der Waals surface area contributed by atoms with Gasteiger partial charge in [0.15, 0.2) is 0 Å². The molecule has 0 radical (unpaired) electrons. The van der Waals surface area contributed by atoms with E-state index in [1.165, 1.54) is 43.0 Å². The van der Waals surface area contributed by atoms with Gasteiger partial charge in [-0.1, -0.05) is 19.3 Å². The SMILES string of the molecule is O=S(=O)(c1ccc(OCCN2CCN(CC3CCCCC3)CC2)cc1)N1CCOCC1. The Morgan fingerprint density at radius 1 is 0.871 bits per heavy atom. The Hall–Kier alpha value is -1.19. The normalized spacial score (nSPS) is 23.1. The molecule has 0 aromatic heterocycles. The Labute approximate surface area is 187 Å². The molecule has 0 spiro atoms. The van der Waals surface area contributed by atoms with Crippen LogP contribution in [0, 0.1) is 5.92 Å². The minimum absolute atomic E-state index is 0.316. The van der Waals surface area contributed by atoms with E-state index in [1.54, 1.807) is 24.3 Å². The van der Waals surface area contributed by atoms with Gasteiger partial charge in [0.1, 0.15) is 12.4 Å². The summed E-state index contributed by atoms with van der Waals surface area (Å²) >= 11 is 0. The van der Waals surface area contributed by atoms with Crippen LogP contribution in [0.25, 0.3) is 0 Å². The van der Waals surface area contributed by atoms with Gasteiger partial charge in [-0.15, -0.1) is 0 Å². The summed E-state index contributed by atoms with van der Waals surface area (Å²) in [5, 5.41) is 0. The lowest BCUT2D eigenvalue weighted by molar-refractivity contribution is 0.0730. The van der Waals surface area contributed by atoms with Crippen LogP contribution < -0.4 is 4.74 Å². The van der Waals surface area contributed by atoms with Gasteiger partial charge >= 0.3 is 0 Å². The van der Waals surface area contributed by atoms with E-state index in [0.29, 0.717) is 37.8 Å². The van der Waals surface area contributed by atoms with Crippen LogP contribution in [0.3, 0.4) is 0 Å². The first kappa shape index (κ1) is 23.0. The van der Waals surface area contributed by atoms with E-state index in [1.807, 2.05) is 0 Å². The van der Waals surface area contributed by atoms with Crippen LogP contribution in [0.15, 0.2) is 29.2 Å². The van der Waals surface area contributed by atoms with Crippen molar-refractivity contribution in [1.29, 1.82) is 0 Å². The van der Waals surface area contributed by atoms with Crippen molar-refractivity contribution in [2.75, 3.05) is 72.2 Å². The highest BCUT2D eigenvalue weighted by Gasteiger charge is 2.26. The fraction of sp³-hybridized carbons (Fsp3) is 0.739. The van der Waals surface area contributed by atoms with Gasteiger partial charge < -0.3 is 14.4 Å². The zero-order valence-electron chi connectivity index (χ0n) is 18.6. The van der Waals surface area contributed by atoms with Crippen molar-refractivity contribution < 1.29 is 17.9 Å². The number of rotatable bonds is 8. The Morgan fingerprint density at radius 3 is 2.19 bits per heavy atom. The van der Waals surface area contributed by atoms with Gasteiger partial charge in [-0.25, -0.2) is 8.42 Å². The summed E-state index contributed by atoms with van der Waals surface area (Å²) in [4.78, 5) is 5.42. The second kappa shape index (κ2) is 11.1. The lowest BCUT2D eigenvalue weighted by Crippen LogP contribution is -2.48. The first-order chi connectivity index (χ1) is 15.1. The highest BCUT2D eigenvalue weighted by Crippen LogP contribution is 2.25. The van der Waals surface area contributed by atoms with Crippen LogP contribution in [0.1, 0.15) is 32.1 Å². The molecule has 0 N–H and O–H groups in total. The van der Waals surface area contributed by atoms with Crippen LogP contribution in [0.2, 0.25) is 0 Å². The number of morpholine rings is 1. The predicted molar refractivity (Wildman–Crippen MR) is 121 cm³/mol. The zero-order chi connectivity index (χ0) is 21.5. The van der Waals surface area contributed by atoms with Crippen molar-refractivity contribution in [3.8, 4) is 5.75 Å². The maximum Gasteiger partial charge on any atom is 0.243 e. The average molecular weight is 452 g/mol. The molecule has 3 fully saturated rings. The molecule has 7 nitrogen and oxygen atoms in total. The Bertz CT molecular complexity index is 767. The monoisotopic (exact) mass is 451 g/mol. The summed E-state index contributed by atoms with van der Waals surface area (Å²) in [6.07, 6.45) is 7.10. The number of nitrogens with zero attached hydrogens (tertiary/aromatic N) is 3. The summed E-state index contributed by atoms with van der Waals surface area (Å²) in [6, 6.07) is 6.80. The van der Waals surface area contributed by atoms with E-state index in [4.69, 9.17) is 9.47 Å². The van der Waals surface area contributed by atoms with Crippen molar-refractivity contribution in [3.05, 3.63) is 24.3 Å². The summed E-state index contributed by atoms with van der Waals surface area (Å²) in [7, 11) is -3.45. The van der Waals surface area contributed by atoms with Crippen LogP contribution in [-0.2, 0) is 14.8 Å². The molecular weight excluding hydrogens is 414 g/mol. The van der Waals surface area contributed by atoms with E-state index in [-0.39, 0.29) is 0 Å². The molecule has 8 heteroatoms. The van der Waals surface area contributed by atoms with E-state index < -0.39 is 10.0 Å². The molecule has 0 amide bonds. The topological polar surface area (TPSA) is 62.3 Å². The average Bonchev–Trinajstić information content (AvgIpc) is 2.82. The minimum Gasteiger partial charge on any atom is -0.492 e. The smallest absolute Gasteiger partial charge is 0.243 e. The lowest BCUT2D eigenvalue weighted by atomic mass is 9.89. The molecule has 1 aromatic carbocycles. The predicted octanol–water partition coefficient (Wildman–Crippen LogP) is 2.28. The number of benzene rings is 1. The number of hydrogen-bond donors (Lipinski definition) is 0. The minimum atomic E-state index is -3.45. The Morgan fingerprint density at radius 2 is 1.52 bits per heavy atom. The molecule has 2 heterocycles. The highest BCUT2D eigenvalue weighted by atomic mass is 32.2. The first-order valence-corrected chi connectivity index (χ1v) is 13.3. The number of sulfonamides is 1. The largest absolute Gasteiger partial charge is 0.492 e. The second-order valence-electron chi connectivity index (χ2n) is 8.98. The Balaban J connectivity index is 1.16. The third-order valence-corrected chi connectivity index (χ3v) is 8.73. The molecule has 4 rings (SSSR count). The van der Waals surface area contributed by atoms with E-state index >= 15 is 0 Å². The number of ether oxygens (including phenoxy) is 2. The van der Waals surface area contributed by atoms with E-state index in [9.17, 15) is 8.42 Å². The molecule has 1 aliphatic carbocycles. The van der Waals surface area contributed by atoms with E-state index in [0.717, 1.165) is 44.4 Å². The second-order valence-corrected chi connectivity index (χ2v) is 10.9. The van der Waals surface area contributed by atoms with Crippen LogP contribution in [0.5, 0.6) is 5.75 Å². The summed E-state index contributed by atoms with van der Waals surface area (Å²) in [6.45, 7) is 9.07. The third kappa shape index (κ3) is 6.42. The van der Waals surface area contributed by atoms with Crippen LogP contribution >= 0.6 is 0 Å². The molecule has 2 aliphatic heterocycles. The number of hydrogen-bond acceptors (Lipinski definition) is 6. The van der Waals surface area contributed by atoms with Gasteiger partial charge in [0.25, 0.3) is 0 Å². The lowest BCUT2D eigenvalue weighted by Gasteiger charge is -2.37. The molecule has 0 unspecified atom stereocenters. The summed E-state index contributed by atoms with van der Waals surface area (Å²) in [5.74, 6) is 1.63. The van der Waals surface area contributed by atoms with Gasteiger partial charge in [-0.05, 0) is 43.0 Å². The molecular formula is C23H37N3O4S. The molecule has 3 aliphatic rings. The molecule has 31 heavy (non-hydrogen) atoms. The van der Waals surface area contributed by atoms with Crippen LogP contribution in [0.4, 0.5) is 0 Å². The van der Waals surface area contributed by atoms with Crippen molar-refractivity contribution in [3.63, 3.8) is 0 Å². The van der Waals surface area contributed by atoms with Gasteiger partial charge in [0.05, 0.1) is 18.1 Å². The third-order valence-electron chi connectivity index (χ3n) is 6.81. The molecule has 0 atom stereocenters. The molecule has 0 bridgehead atoms. The van der Waals surface area contributed by atoms with Gasteiger partial charge in [-0.3, -0.25) is 4.90 Å². The molecule has 174 valence electrons. The summed E-state index contributed by atoms with van der Waals surface area (Å²) < 4.78 is 38.0. The summed E-state index contributed by atoms with van der Waals surface area (Å²) in [5.41, 5.74) is 0. The quantitative estimate of drug-likeness (QED) is 0.604. The van der Waals surface area contributed by atoms with Gasteiger partial charge in [0, 0.05) is 52.4 Å². The standard InChI is InChI=1S/C23H37N3O4S/c27-31(28,26-15-17-29-18-16-26)23-8-6-22(7-9-23)30-19-14-24-10-12-25(13-11-24)20-21-4-2-1-3-5-21/h6-9,21H,1-5,10-20H2. The highest BCUT2D eigenvalue weighted by molar-refractivity contribution is 7.89. The van der Waals surface area contributed by atoms with Gasteiger partial charge in [0.2, 0.25) is 10.0 Å². The fourth-order valence-corrected chi connectivity index (χ4v) is 6.27. The Kier molecular flexibility index (Phi) is 8.23. The van der Waals surface area contributed by atoms with Crippen LogP contribution in [-0.4, -0.2) is 94.7 Å². The molecule has 1 aromatic rings. The molecule has 2 saturated heterocycles. The van der Waals surface area contributed by atoms with E-state index in [2.05, 4.69) is 9.80 Å². The zero-order valence-corrected chi connectivity index (χ0v) is 19.4. The van der Waals surface area contributed by atoms with Crippen molar-refractivity contribution in [2.45, 2.75) is 37.0 Å². The molecule has 1 saturated carbocycles. The van der Waals surface area contributed by atoms with Gasteiger partial charge in [-0.2, -0.15) is 4.31 Å².